The van der Waals surface area contributed by atoms with E-state index in [1.54, 1.807) is 58.9 Å². The summed E-state index contributed by atoms with van der Waals surface area (Å²) in [6.45, 7) is 12.6. The number of anilines is 1. The number of para-hydroxylation sites is 1. The van der Waals surface area contributed by atoms with Crippen molar-refractivity contribution in [3.63, 3.8) is 0 Å². The lowest BCUT2D eigenvalue weighted by molar-refractivity contribution is -0.142. The molecule has 2 aromatic rings. The Hall–Kier alpha value is -3.44. The number of hydrogen-bond acceptors (Lipinski definition) is 5. The molecule has 2 unspecified atom stereocenters. The average molecular weight is 524 g/mol. The first-order chi connectivity index (χ1) is 17.3. The topological polar surface area (TPSA) is 87.7 Å². The van der Waals surface area contributed by atoms with Gasteiger partial charge in [0.1, 0.15) is 17.7 Å². The Bertz CT molecular complexity index is 1160. The van der Waals surface area contributed by atoms with Crippen LogP contribution in [0.3, 0.4) is 0 Å². The van der Waals surface area contributed by atoms with E-state index in [4.69, 9.17) is 11.2 Å². The summed E-state index contributed by atoms with van der Waals surface area (Å²) in [5.41, 5.74) is 2.70. The Labute approximate surface area is 225 Å². The third kappa shape index (κ3) is 7.77. The molecule has 37 heavy (non-hydrogen) atoms. The standard InChI is InChI=1S/C29H37N3O4S/c1-9-21-15-10-11-16-22(21)25(26(33)31-24-19(4)13-12-14-20(24)5)32(18(2)3)27(34)23(17-37)30-28(35)36-29(6,7)8/h1,10-16,18,23,25,37H,17H2,2-8H3,(H,30,35)(H,31,33). The molecule has 0 aliphatic heterocycles. The summed E-state index contributed by atoms with van der Waals surface area (Å²) in [5.74, 6) is 1.73. The van der Waals surface area contributed by atoms with E-state index in [0.29, 0.717) is 16.8 Å². The highest BCUT2D eigenvalue weighted by Gasteiger charge is 2.38. The molecule has 0 heterocycles. The van der Waals surface area contributed by atoms with E-state index in [-0.39, 0.29) is 5.75 Å². The van der Waals surface area contributed by atoms with Crippen molar-refractivity contribution in [1.29, 1.82) is 0 Å². The van der Waals surface area contributed by atoms with E-state index in [0.717, 1.165) is 11.1 Å². The summed E-state index contributed by atoms with van der Waals surface area (Å²) in [4.78, 5) is 41.8. The maximum absolute atomic E-state index is 14.0. The number of benzene rings is 2. The second kappa shape index (κ2) is 12.7. The molecule has 0 aliphatic rings. The molecule has 0 bridgehead atoms. The SMILES string of the molecule is C#Cc1ccccc1C(C(=O)Nc1c(C)cccc1C)N(C(=O)C(CS)NC(=O)OC(C)(C)C)C(C)C. The second-order valence-corrected chi connectivity index (χ2v) is 10.5. The average Bonchev–Trinajstić information content (AvgIpc) is 2.81. The van der Waals surface area contributed by atoms with Crippen LogP contribution in [0.2, 0.25) is 0 Å². The molecule has 3 amide bonds. The first-order valence-electron chi connectivity index (χ1n) is 12.2. The number of carbonyl (C=O) groups excluding carboxylic acids is 3. The van der Waals surface area contributed by atoms with Crippen molar-refractivity contribution >= 4 is 36.2 Å². The van der Waals surface area contributed by atoms with Crippen LogP contribution in [0.4, 0.5) is 10.5 Å². The summed E-state index contributed by atoms with van der Waals surface area (Å²) >= 11 is 4.31. The number of alkyl carbamates (subject to hydrolysis) is 1. The second-order valence-electron chi connectivity index (χ2n) is 10.1. The normalized spacial score (nSPS) is 12.8. The monoisotopic (exact) mass is 523 g/mol. The van der Waals surface area contributed by atoms with Crippen molar-refractivity contribution < 1.29 is 19.1 Å². The molecule has 0 aromatic heterocycles. The highest BCUT2D eigenvalue weighted by molar-refractivity contribution is 7.80. The Morgan fingerprint density at radius 1 is 1.05 bits per heavy atom. The van der Waals surface area contributed by atoms with Crippen molar-refractivity contribution in [2.45, 2.75) is 72.2 Å². The van der Waals surface area contributed by atoms with Gasteiger partial charge in [0.15, 0.2) is 0 Å². The Morgan fingerprint density at radius 2 is 1.65 bits per heavy atom. The van der Waals surface area contributed by atoms with Gasteiger partial charge in [-0.1, -0.05) is 42.3 Å². The molecule has 7 nitrogen and oxygen atoms in total. The number of carbonyl (C=O) groups is 3. The number of ether oxygens (including phenoxy) is 1. The van der Waals surface area contributed by atoms with Gasteiger partial charge in [-0.05, 0) is 71.2 Å². The van der Waals surface area contributed by atoms with Crippen molar-refractivity contribution in [2.24, 2.45) is 0 Å². The van der Waals surface area contributed by atoms with E-state index in [2.05, 4.69) is 29.2 Å². The van der Waals surface area contributed by atoms with E-state index in [9.17, 15) is 14.4 Å². The maximum Gasteiger partial charge on any atom is 0.408 e. The number of thiol groups is 1. The van der Waals surface area contributed by atoms with E-state index in [1.807, 2.05) is 32.0 Å². The largest absolute Gasteiger partial charge is 0.444 e. The smallest absolute Gasteiger partial charge is 0.408 e. The summed E-state index contributed by atoms with van der Waals surface area (Å²) in [7, 11) is 0. The van der Waals surface area contributed by atoms with Crippen molar-refractivity contribution in [1.82, 2.24) is 10.2 Å². The lowest BCUT2D eigenvalue weighted by Gasteiger charge is -2.37. The first-order valence-corrected chi connectivity index (χ1v) is 12.8. The number of nitrogens with one attached hydrogen (secondary N) is 2. The van der Waals surface area contributed by atoms with Gasteiger partial charge in [0, 0.05) is 23.0 Å². The van der Waals surface area contributed by atoms with Crippen LogP contribution < -0.4 is 10.6 Å². The summed E-state index contributed by atoms with van der Waals surface area (Å²) in [6, 6.07) is 10.2. The minimum Gasteiger partial charge on any atom is -0.444 e. The Morgan fingerprint density at radius 3 is 2.16 bits per heavy atom. The summed E-state index contributed by atoms with van der Waals surface area (Å²) < 4.78 is 5.33. The molecule has 0 saturated carbocycles. The molecular weight excluding hydrogens is 486 g/mol. The van der Waals surface area contributed by atoms with Crippen molar-refractivity contribution in [2.75, 3.05) is 11.1 Å². The highest BCUT2D eigenvalue weighted by atomic mass is 32.1. The fourth-order valence-electron chi connectivity index (χ4n) is 3.98. The predicted molar refractivity (Wildman–Crippen MR) is 151 cm³/mol. The number of rotatable bonds is 8. The van der Waals surface area contributed by atoms with Gasteiger partial charge in [0.25, 0.3) is 5.91 Å². The van der Waals surface area contributed by atoms with Crippen molar-refractivity contribution in [3.05, 3.63) is 64.7 Å². The Balaban J connectivity index is 2.57. The molecule has 198 valence electrons. The van der Waals surface area contributed by atoms with Gasteiger partial charge in [-0.25, -0.2) is 4.79 Å². The van der Waals surface area contributed by atoms with Crippen LogP contribution in [-0.2, 0) is 14.3 Å². The fourth-order valence-corrected chi connectivity index (χ4v) is 4.23. The lowest BCUT2D eigenvalue weighted by atomic mass is 9.96. The molecule has 0 radical (unpaired) electrons. The minimum absolute atomic E-state index is 0.00330. The quantitative estimate of drug-likeness (QED) is 0.335. The van der Waals surface area contributed by atoms with Crippen LogP contribution in [0, 0.1) is 26.2 Å². The van der Waals surface area contributed by atoms with Gasteiger partial charge in [0.05, 0.1) is 0 Å². The van der Waals surface area contributed by atoms with Crippen molar-refractivity contribution in [3.8, 4) is 12.3 Å². The van der Waals surface area contributed by atoms with E-state index < -0.39 is 41.6 Å². The molecule has 0 fully saturated rings. The zero-order valence-corrected chi connectivity index (χ0v) is 23.5. The van der Waals surface area contributed by atoms with E-state index >= 15 is 0 Å². The third-order valence-corrected chi connectivity index (χ3v) is 6.01. The van der Waals surface area contributed by atoms with E-state index in [1.165, 1.54) is 4.90 Å². The minimum atomic E-state index is -1.07. The molecule has 0 saturated heterocycles. The van der Waals surface area contributed by atoms with Crippen LogP contribution in [0.1, 0.15) is 62.9 Å². The van der Waals surface area contributed by atoms with Gasteiger partial charge in [-0.15, -0.1) is 6.42 Å². The molecule has 2 aromatic carbocycles. The predicted octanol–water partition coefficient (Wildman–Crippen LogP) is 5.02. The van der Waals surface area contributed by atoms with Gasteiger partial charge in [-0.2, -0.15) is 12.6 Å². The molecular formula is C29H37N3O4S. The van der Waals surface area contributed by atoms with Crippen LogP contribution in [0.25, 0.3) is 0 Å². The molecule has 2 atom stereocenters. The molecule has 0 aliphatic carbocycles. The first kappa shape index (κ1) is 29.8. The fraction of sp³-hybridized carbons (Fsp3) is 0.414. The van der Waals surface area contributed by atoms with Gasteiger partial charge in [0.2, 0.25) is 5.91 Å². The molecule has 2 N–H and O–H groups in total. The molecule has 2 rings (SSSR count). The highest BCUT2D eigenvalue weighted by Crippen LogP contribution is 2.30. The number of nitrogens with zero attached hydrogens (tertiary/aromatic N) is 1. The zero-order valence-electron chi connectivity index (χ0n) is 22.6. The summed E-state index contributed by atoms with van der Waals surface area (Å²) in [5, 5.41) is 5.61. The van der Waals surface area contributed by atoms with Gasteiger partial charge in [-0.3, -0.25) is 9.59 Å². The molecule has 8 heteroatoms. The Kier molecular flexibility index (Phi) is 10.2. The maximum atomic E-state index is 14.0. The van der Waals surface area contributed by atoms with Crippen LogP contribution in [0.5, 0.6) is 0 Å². The van der Waals surface area contributed by atoms with Crippen LogP contribution >= 0.6 is 12.6 Å². The van der Waals surface area contributed by atoms with Crippen LogP contribution in [0.15, 0.2) is 42.5 Å². The van der Waals surface area contributed by atoms with Crippen LogP contribution in [-0.4, -0.2) is 46.2 Å². The zero-order chi connectivity index (χ0) is 27.9. The van der Waals surface area contributed by atoms with Gasteiger partial charge >= 0.3 is 6.09 Å². The third-order valence-electron chi connectivity index (χ3n) is 5.65. The summed E-state index contributed by atoms with van der Waals surface area (Å²) in [6.07, 6.45) is 5.04. The number of amides is 3. The lowest BCUT2D eigenvalue weighted by Crippen LogP contribution is -2.55. The van der Waals surface area contributed by atoms with Gasteiger partial charge < -0.3 is 20.3 Å². The molecule has 0 spiro atoms. The number of aryl methyl sites for hydroxylation is 2. The number of hydrogen-bond donors (Lipinski definition) is 3. The number of terminal acetylenes is 1.